The van der Waals surface area contributed by atoms with Crippen molar-refractivity contribution in [3.05, 3.63) is 10.8 Å². The van der Waals surface area contributed by atoms with Gasteiger partial charge in [0.05, 0.1) is 0 Å². The third kappa shape index (κ3) is 2.70. The molecule has 0 atom stereocenters. The highest BCUT2D eigenvalue weighted by molar-refractivity contribution is 9.10. The maximum absolute atomic E-state index is 4.39. The fourth-order valence-electron chi connectivity index (χ4n) is 2.36. The van der Waals surface area contributed by atoms with Gasteiger partial charge >= 0.3 is 0 Å². The average Bonchev–Trinajstić information content (AvgIpc) is 2.85. The molecule has 5 heteroatoms. The highest BCUT2D eigenvalue weighted by Crippen LogP contribution is 2.33. The Morgan fingerprint density at radius 3 is 2.76 bits per heavy atom. The van der Waals surface area contributed by atoms with Crippen molar-refractivity contribution in [1.82, 2.24) is 9.97 Å². The molecule has 4 nitrogen and oxygen atoms in total. The Bertz CT molecular complexity index is 377. The molecule has 0 aliphatic heterocycles. The summed E-state index contributed by atoms with van der Waals surface area (Å²) in [6.45, 7) is 2.93. The smallest absolute Gasteiger partial charge is 0.148 e. The second kappa shape index (κ2) is 5.67. The van der Waals surface area contributed by atoms with Crippen LogP contribution >= 0.6 is 15.9 Å². The SMILES string of the molecule is CCNc1ncnc(N(C)C2CCCC2)c1Br. The van der Waals surface area contributed by atoms with Gasteiger partial charge in [-0.05, 0) is 35.7 Å². The number of hydrogen-bond donors (Lipinski definition) is 1. The lowest BCUT2D eigenvalue weighted by Crippen LogP contribution is -2.30. The van der Waals surface area contributed by atoms with Crippen molar-refractivity contribution in [2.75, 3.05) is 23.8 Å². The standard InChI is InChI=1S/C12H19BrN4/c1-3-14-11-10(13)12(16-8-15-11)17(2)9-6-4-5-7-9/h8-9H,3-7H2,1-2H3,(H,14,15,16). The molecule has 1 aliphatic carbocycles. The Morgan fingerprint density at radius 1 is 1.41 bits per heavy atom. The fraction of sp³-hybridized carbons (Fsp3) is 0.667. The quantitative estimate of drug-likeness (QED) is 0.928. The molecule has 0 aromatic carbocycles. The summed E-state index contributed by atoms with van der Waals surface area (Å²) < 4.78 is 0.969. The van der Waals surface area contributed by atoms with E-state index in [-0.39, 0.29) is 0 Å². The second-order valence-corrected chi connectivity index (χ2v) is 5.23. The summed E-state index contributed by atoms with van der Waals surface area (Å²) in [5, 5.41) is 3.24. The maximum Gasteiger partial charge on any atom is 0.148 e. The van der Waals surface area contributed by atoms with Gasteiger partial charge in [-0.2, -0.15) is 0 Å². The van der Waals surface area contributed by atoms with Crippen LogP contribution in [0.5, 0.6) is 0 Å². The topological polar surface area (TPSA) is 41.1 Å². The van der Waals surface area contributed by atoms with Crippen molar-refractivity contribution >= 4 is 27.6 Å². The van der Waals surface area contributed by atoms with E-state index in [1.54, 1.807) is 6.33 Å². The minimum absolute atomic E-state index is 0.621. The number of anilines is 2. The summed E-state index contributed by atoms with van der Waals surface area (Å²) in [6, 6.07) is 0.621. The molecule has 1 saturated carbocycles. The van der Waals surface area contributed by atoms with E-state index in [0.717, 1.165) is 22.7 Å². The molecule has 2 rings (SSSR count). The van der Waals surface area contributed by atoms with E-state index < -0.39 is 0 Å². The first-order valence-corrected chi connectivity index (χ1v) is 7.00. The zero-order chi connectivity index (χ0) is 12.3. The molecule has 1 fully saturated rings. The monoisotopic (exact) mass is 298 g/mol. The normalized spacial score (nSPS) is 16.2. The molecule has 1 heterocycles. The van der Waals surface area contributed by atoms with Crippen LogP contribution in [-0.2, 0) is 0 Å². The lowest BCUT2D eigenvalue weighted by molar-refractivity contribution is 0.644. The fourth-order valence-corrected chi connectivity index (χ4v) is 2.99. The lowest BCUT2D eigenvalue weighted by Gasteiger charge is -2.26. The molecule has 94 valence electrons. The van der Waals surface area contributed by atoms with Gasteiger partial charge in [0.25, 0.3) is 0 Å². The molecule has 0 spiro atoms. The van der Waals surface area contributed by atoms with Gasteiger partial charge in [-0.15, -0.1) is 0 Å². The Balaban J connectivity index is 2.21. The minimum atomic E-state index is 0.621. The lowest BCUT2D eigenvalue weighted by atomic mass is 10.2. The molecule has 0 radical (unpaired) electrons. The number of hydrogen-bond acceptors (Lipinski definition) is 4. The molecule has 1 N–H and O–H groups in total. The van der Waals surface area contributed by atoms with Crippen molar-refractivity contribution in [1.29, 1.82) is 0 Å². The zero-order valence-corrected chi connectivity index (χ0v) is 12.0. The first-order chi connectivity index (χ1) is 8.24. The van der Waals surface area contributed by atoms with Gasteiger partial charge in [-0.25, -0.2) is 9.97 Å². The van der Waals surface area contributed by atoms with Gasteiger partial charge < -0.3 is 10.2 Å². The van der Waals surface area contributed by atoms with Crippen LogP contribution in [0.2, 0.25) is 0 Å². The van der Waals surface area contributed by atoms with Crippen LogP contribution in [-0.4, -0.2) is 29.6 Å². The Labute approximate surface area is 111 Å². The Morgan fingerprint density at radius 2 is 2.12 bits per heavy atom. The van der Waals surface area contributed by atoms with Crippen LogP contribution in [0.3, 0.4) is 0 Å². The van der Waals surface area contributed by atoms with Gasteiger partial charge in [0.1, 0.15) is 22.4 Å². The van der Waals surface area contributed by atoms with Gasteiger partial charge in [-0.3, -0.25) is 0 Å². The van der Waals surface area contributed by atoms with Crippen LogP contribution in [0.4, 0.5) is 11.6 Å². The zero-order valence-electron chi connectivity index (χ0n) is 10.4. The summed E-state index contributed by atoms with van der Waals surface area (Å²) in [5.74, 6) is 1.87. The highest BCUT2D eigenvalue weighted by Gasteiger charge is 2.23. The molecule has 0 saturated heterocycles. The number of aromatic nitrogens is 2. The first-order valence-electron chi connectivity index (χ1n) is 6.21. The highest BCUT2D eigenvalue weighted by atomic mass is 79.9. The van der Waals surface area contributed by atoms with E-state index >= 15 is 0 Å². The van der Waals surface area contributed by atoms with Crippen LogP contribution in [0.1, 0.15) is 32.6 Å². The van der Waals surface area contributed by atoms with E-state index in [2.05, 4.69) is 50.1 Å². The predicted octanol–water partition coefficient (Wildman–Crippen LogP) is 3.05. The largest absolute Gasteiger partial charge is 0.369 e. The van der Waals surface area contributed by atoms with Gasteiger partial charge in [0.15, 0.2) is 0 Å². The number of rotatable bonds is 4. The molecular weight excluding hydrogens is 280 g/mol. The van der Waals surface area contributed by atoms with E-state index in [4.69, 9.17) is 0 Å². The number of nitrogens with zero attached hydrogens (tertiary/aromatic N) is 3. The molecule has 1 aromatic heterocycles. The van der Waals surface area contributed by atoms with Crippen LogP contribution in [0.25, 0.3) is 0 Å². The van der Waals surface area contributed by atoms with E-state index in [1.807, 2.05) is 0 Å². The summed E-state index contributed by atoms with van der Waals surface area (Å²) >= 11 is 3.60. The van der Waals surface area contributed by atoms with Gasteiger partial charge in [-0.1, -0.05) is 12.8 Å². The maximum atomic E-state index is 4.39. The van der Waals surface area contributed by atoms with Gasteiger partial charge in [0, 0.05) is 19.6 Å². The summed E-state index contributed by atoms with van der Waals surface area (Å²) in [7, 11) is 2.12. The Kier molecular flexibility index (Phi) is 4.20. The summed E-state index contributed by atoms with van der Waals surface area (Å²) in [5.41, 5.74) is 0. The molecule has 1 aliphatic rings. The van der Waals surface area contributed by atoms with Crippen molar-refractivity contribution in [2.24, 2.45) is 0 Å². The van der Waals surface area contributed by atoms with E-state index in [0.29, 0.717) is 6.04 Å². The predicted molar refractivity (Wildman–Crippen MR) is 74.6 cm³/mol. The van der Waals surface area contributed by atoms with Crippen molar-refractivity contribution in [2.45, 2.75) is 38.6 Å². The van der Waals surface area contributed by atoms with Crippen molar-refractivity contribution < 1.29 is 0 Å². The molecule has 0 amide bonds. The second-order valence-electron chi connectivity index (χ2n) is 4.44. The third-order valence-corrected chi connectivity index (χ3v) is 4.05. The number of halogens is 1. The van der Waals surface area contributed by atoms with Crippen molar-refractivity contribution in [3.63, 3.8) is 0 Å². The van der Waals surface area contributed by atoms with E-state index in [1.165, 1.54) is 25.7 Å². The summed E-state index contributed by atoms with van der Waals surface area (Å²) in [4.78, 5) is 10.9. The first kappa shape index (κ1) is 12.6. The molecule has 1 aromatic rings. The van der Waals surface area contributed by atoms with Crippen molar-refractivity contribution in [3.8, 4) is 0 Å². The molecule has 0 unspecified atom stereocenters. The molecular formula is C12H19BrN4. The summed E-state index contributed by atoms with van der Waals surface area (Å²) in [6.07, 6.45) is 6.83. The van der Waals surface area contributed by atoms with Crippen LogP contribution < -0.4 is 10.2 Å². The average molecular weight is 299 g/mol. The Hall–Kier alpha value is -0.840. The van der Waals surface area contributed by atoms with Gasteiger partial charge in [0.2, 0.25) is 0 Å². The van der Waals surface area contributed by atoms with E-state index in [9.17, 15) is 0 Å². The number of nitrogens with one attached hydrogen (secondary N) is 1. The molecule has 0 bridgehead atoms. The van der Waals surface area contributed by atoms with Crippen LogP contribution in [0, 0.1) is 0 Å². The molecule has 17 heavy (non-hydrogen) atoms. The van der Waals surface area contributed by atoms with Crippen LogP contribution in [0.15, 0.2) is 10.8 Å². The minimum Gasteiger partial charge on any atom is -0.369 e. The third-order valence-electron chi connectivity index (χ3n) is 3.32.